The molecule has 31 heavy (non-hydrogen) atoms. The van der Waals surface area contributed by atoms with Gasteiger partial charge in [-0.3, -0.25) is 14.6 Å². The Hall–Kier alpha value is -2.96. The molecule has 0 aliphatic carbocycles. The van der Waals surface area contributed by atoms with Crippen LogP contribution in [0.4, 0.5) is 8.78 Å². The van der Waals surface area contributed by atoms with Crippen LogP contribution >= 0.6 is 0 Å². The van der Waals surface area contributed by atoms with Crippen LogP contribution in [-0.2, 0) is 30.9 Å². The van der Waals surface area contributed by atoms with E-state index in [1.54, 1.807) is 24.5 Å². The second kappa shape index (κ2) is 9.90. The molecule has 0 spiro atoms. The molecule has 2 heterocycles. The van der Waals surface area contributed by atoms with E-state index in [0.29, 0.717) is 12.5 Å². The van der Waals surface area contributed by atoms with Gasteiger partial charge in [0.15, 0.2) is 0 Å². The van der Waals surface area contributed by atoms with E-state index in [0.717, 1.165) is 22.0 Å². The molecule has 2 amide bonds. The second-order valence-corrected chi connectivity index (χ2v) is 8.48. The second-order valence-electron chi connectivity index (χ2n) is 6.62. The molecule has 2 aromatic rings. The topological polar surface area (TPSA) is 118 Å². The zero-order valence-corrected chi connectivity index (χ0v) is 17.1. The minimum atomic E-state index is -4.44. The van der Waals surface area contributed by atoms with Gasteiger partial charge in [0.05, 0.1) is 13.2 Å². The highest BCUT2D eigenvalue weighted by Gasteiger charge is 2.36. The van der Waals surface area contributed by atoms with Crippen LogP contribution in [0.1, 0.15) is 12.0 Å². The molecule has 1 saturated heterocycles. The molecule has 9 nitrogen and oxygen atoms in total. The van der Waals surface area contributed by atoms with Crippen LogP contribution in [0.5, 0.6) is 0 Å². The average Bonchev–Trinajstić information content (AvgIpc) is 2.78. The molecule has 1 aromatic carbocycles. The van der Waals surface area contributed by atoms with Gasteiger partial charge in [-0.15, -0.1) is 0 Å². The Morgan fingerprint density at radius 2 is 1.84 bits per heavy atom. The highest BCUT2D eigenvalue weighted by atomic mass is 32.2. The van der Waals surface area contributed by atoms with E-state index in [4.69, 9.17) is 4.74 Å². The number of hydrogen-bond acceptors (Lipinski definition) is 6. The van der Waals surface area contributed by atoms with E-state index in [1.165, 1.54) is 0 Å². The Kier molecular flexibility index (Phi) is 7.25. The zero-order chi connectivity index (χ0) is 22.4. The van der Waals surface area contributed by atoms with Crippen molar-refractivity contribution < 1.29 is 31.5 Å². The van der Waals surface area contributed by atoms with Crippen LogP contribution in [0.25, 0.3) is 0 Å². The molecule has 0 radical (unpaired) electrons. The first kappa shape index (κ1) is 22.7. The van der Waals surface area contributed by atoms with E-state index >= 15 is 0 Å². The fraction of sp³-hybridized carbons (Fsp3) is 0.316. The van der Waals surface area contributed by atoms with E-state index < -0.39 is 44.6 Å². The lowest BCUT2D eigenvalue weighted by Gasteiger charge is -2.34. The normalized spacial score (nSPS) is 17.2. The summed E-state index contributed by atoms with van der Waals surface area (Å²) < 4.78 is 59.5. The summed E-state index contributed by atoms with van der Waals surface area (Å²) in [7, 11) is -4.44. The fourth-order valence-corrected chi connectivity index (χ4v) is 4.57. The number of hydrogen-bond donors (Lipinski definition) is 2. The Morgan fingerprint density at radius 3 is 2.58 bits per heavy atom. The van der Waals surface area contributed by atoms with Gasteiger partial charge in [0.2, 0.25) is 10.0 Å². The summed E-state index contributed by atoms with van der Waals surface area (Å²) in [5.74, 6) is -3.92. The van der Waals surface area contributed by atoms with E-state index in [9.17, 15) is 26.8 Å². The van der Waals surface area contributed by atoms with Crippen molar-refractivity contribution in [2.45, 2.75) is 24.1 Å². The number of pyridine rings is 1. The molecule has 12 heteroatoms. The van der Waals surface area contributed by atoms with E-state index in [-0.39, 0.29) is 26.2 Å². The van der Waals surface area contributed by atoms with Crippen molar-refractivity contribution in [1.82, 2.24) is 19.9 Å². The van der Waals surface area contributed by atoms with Crippen LogP contribution in [0.2, 0.25) is 0 Å². The summed E-state index contributed by atoms with van der Waals surface area (Å²) in [4.78, 5) is 27.0. The third kappa shape index (κ3) is 5.60. The van der Waals surface area contributed by atoms with Gasteiger partial charge in [0.1, 0.15) is 22.8 Å². The SMILES string of the molecule is O=C(NCc1ccncc1)C(=O)NC[C@H]1OCCCN1S(=O)(=O)c1cc(F)ccc1F. The molecule has 1 fully saturated rings. The molecule has 166 valence electrons. The molecule has 0 unspecified atom stereocenters. The summed E-state index contributed by atoms with van der Waals surface area (Å²) in [6, 6.07) is 5.45. The Labute approximate surface area is 177 Å². The van der Waals surface area contributed by atoms with Crippen molar-refractivity contribution in [1.29, 1.82) is 0 Å². The quantitative estimate of drug-likeness (QED) is 0.615. The summed E-state index contributed by atoms with van der Waals surface area (Å²) in [5.41, 5.74) is 0.737. The fourth-order valence-electron chi connectivity index (χ4n) is 2.93. The molecule has 0 bridgehead atoms. The first-order valence-corrected chi connectivity index (χ1v) is 10.8. The molecule has 2 N–H and O–H groups in total. The lowest BCUT2D eigenvalue weighted by molar-refractivity contribution is -0.140. The van der Waals surface area contributed by atoms with E-state index in [2.05, 4.69) is 15.6 Å². The molecular weight excluding hydrogens is 434 g/mol. The molecular formula is C19H20F2N4O5S. The van der Waals surface area contributed by atoms with Crippen LogP contribution < -0.4 is 10.6 Å². The van der Waals surface area contributed by atoms with Gasteiger partial charge >= 0.3 is 11.8 Å². The van der Waals surface area contributed by atoms with Crippen molar-refractivity contribution in [3.63, 3.8) is 0 Å². The smallest absolute Gasteiger partial charge is 0.309 e. The summed E-state index contributed by atoms with van der Waals surface area (Å²) in [6.45, 7) is -0.0643. The minimum Gasteiger partial charge on any atom is -0.360 e. The number of amides is 2. The standard InChI is InChI=1S/C19H20F2N4O5S/c20-14-2-3-15(21)16(10-14)31(28,29)25-8-1-9-30-17(25)12-24-19(27)18(26)23-11-13-4-6-22-7-5-13/h2-7,10,17H,1,8-9,11-12H2,(H,23,26)(H,24,27)/t17-/m1/s1. The maximum atomic E-state index is 14.1. The number of aromatic nitrogens is 1. The number of halogens is 2. The first-order valence-electron chi connectivity index (χ1n) is 9.32. The number of nitrogens with zero attached hydrogens (tertiary/aromatic N) is 2. The average molecular weight is 454 g/mol. The van der Waals surface area contributed by atoms with Crippen LogP contribution in [0.3, 0.4) is 0 Å². The van der Waals surface area contributed by atoms with Gasteiger partial charge in [0.25, 0.3) is 0 Å². The van der Waals surface area contributed by atoms with Gasteiger partial charge in [-0.1, -0.05) is 0 Å². The predicted molar refractivity (Wildman–Crippen MR) is 104 cm³/mol. The van der Waals surface area contributed by atoms with Crippen molar-refractivity contribution in [3.05, 3.63) is 59.9 Å². The lowest BCUT2D eigenvalue weighted by atomic mass is 10.3. The van der Waals surface area contributed by atoms with Gasteiger partial charge in [-0.05, 0) is 42.3 Å². The van der Waals surface area contributed by atoms with E-state index in [1.807, 2.05) is 0 Å². The Balaban J connectivity index is 1.63. The van der Waals surface area contributed by atoms with Crippen molar-refractivity contribution in [2.24, 2.45) is 0 Å². The summed E-state index contributed by atoms with van der Waals surface area (Å²) in [5, 5.41) is 4.73. The van der Waals surface area contributed by atoms with Crippen molar-refractivity contribution in [2.75, 3.05) is 19.7 Å². The number of carbonyl (C=O) groups is 2. The third-order valence-electron chi connectivity index (χ3n) is 4.48. The molecule has 0 saturated carbocycles. The summed E-state index contributed by atoms with van der Waals surface area (Å²) in [6.07, 6.45) is 2.22. The van der Waals surface area contributed by atoms with Gasteiger partial charge in [-0.2, -0.15) is 4.31 Å². The highest BCUT2D eigenvalue weighted by molar-refractivity contribution is 7.89. The Morgan fingerprint density at radius 1 is 1.13 bits per heavy atom. The van der Waals surface area contributed by atoms with Crippen LogP contribution in [-0.4, -0.2) is 55.4 Å². The number of sulfonamides is 1. The Bertz CT molecular complexity index is 1050. The van der Waals surface area contributed by atoms with Gasteiger partial charge in [-0.25, -0.2) is 17.2 Å². The zero-order valence-electron chi connectivity index (χ0n) is 16.3. The maximum absolute atomic E-state index is 14.1. The highest BCUT2D eigenvalue weighted by Crippen LogP contribution is 2.24. The van der Waals surface area contributed by atoms with Crippen LogP contribution in [0, 0.1) is 11.6 Å². The monoisotopic (exact) mass is 454 g/mol. The largest absolute Gasteiger partial charge is 0.360 e. The number of benzene rings is 1. The third-order valence-corrected chi connectivity index (χ3v) is 6.38. The van der Waals surface area contributed by atoms with Crippen molar-refractivity contribution >= 4 is 21.8 Å². The first-order chi connectivity index (χ1) is 14.8. The van der Waals surface area contributed by atoms with Gasteiger partial charge in [0, 0.05) is 25.5 Å². The molecule has 1 aromatic heterocycles. The van der Waals surface area contributed by atoms with Gasteiger partial charge < -0.3 is 15.4 Å². The molecule has 3 rings (SSSR count). The number of nitrogens with one attached hydrogen (secondary N) is 2. The molecule has 1 atom stereocenters. The maximum Gasteiger partial charge on any atom is 0.309 e. The predicted octanol–water partition coefficient (Wildman–Crippen LogP) is 0.530. The molecule has 1 aliphatic rings. The van der Waals surface area contributed by atoms with Crippen LogP contribution in [0.15, 0.2) is 47.6 Å². The minimum absolute atomic E-state index is 0.0208. The summed E-state index contributed by atoms with van der Waals surface area (Å²) >= 11 is 0. The lowest BCUT2D eigenvalue weighted by Crippen LogP contribution is -2.53. The van der Waals surface area contributed by atoms with Crippen molar-refractivity contribution in [3.8, 4) is 0 Å². The number of rotatable bonds is 6. The number of carbonyl (C=O) groups excluding carboxylic acids is 2. The molecule has 1 aliphatic heterocycles. The number of ether oxygens (including phenoxy) is 1.